The minimum atomic E-state index is -1.14. The van der Waals surface area contributed by atoms with Crippen molar-refractivity contribution in [1.29, 1.82) is 0 Å². The molecule has 0 saturated carbocycles. The molecule has 0 fully saturated rings. The van der Waals surface area contributed by atoms with Crippen LogP contribution in [0.1, 0.15) is 25.5 Å². The SMILES string of the molecule is CCOc1ccc(C(O)C[N+](=O)[O-])cc1OCC. The Labute approximate surface area is 105 Å². The van der Waals surface area contributed by atoms with E-state index in [9.17, 15) is 15.2 Å². The van der Waals surface area contributed by atoms with Gasteiger partial charge in [0.05, 0.1) is 13.2 Å². The maximum atomic E-state index is 10.4. The summed E-state index contributed by atoms with van der Waals surface area (Å²) < 4.78 is 10.7. The first-order valence-corrected chi connectivity index (χ1v) is 5.77. The zero-order valence-corrected chi connectivity index (χ0v) is 10.5. The number of nitro groups is 1. The number of hydrogen-bond acceptors (Lipinski definition) is 5. The van der Waals surface area contributed by atoms with E-state index in [1.165, 1.54) is 0 Å². The fourth-order valence-corrected chi connectivity index (χ4v) is 1.52. The van der Waals surface area contributed by atoms with Crippen LogP contribution >= 0.6 is 0 Å². The molecule has 1 aromatic carbocycles. The highest BCUT2D eigenvalue weighted by Gasteiger charge is 2.16. The highest BCUT2D eigenvalue weighted by atomic mass is 16.6. The molecule has 0 amide bonds. The highest BCUT2D eigenvalue weighted by Crippen LogP contribution is 2.30. The van der Waals surface area contributed by atoms with Crippen LogP contribution in [0.3, 0.4) is 0 Å². The quantitative estimate of drug-likeness (QED) is 0.593. The Balaban J connectivity index is 2.94. The van der Waals surface area contributed by atoms with Gasteiger partial charge in [-0.2, -0.15) is 0 Å². The molecule has 1 rings (SSSR count). The van der Waals surface area contributed by atoms with Gasteiger partial charge in [0, 0.05) is 4.92 Å². The summed E-state index contributed by atoms with van der Waals surface area (Å²) in [5.74, 6) is 1.05. The molecule has 1 unspecified atom stereocenters. The van der Waals surface area contributed by atoms with Crippen LogP contribution in [-0.2, 0) is 0 Å². The van der Waals surface area contributed by atoms with E-state index < -0.39 is 17.6 Å². The highest BCUT2D eigenvalue weighted by molar-refractivity contribution is 5.43. The average Bonchev–Trinajstić information content (AvgIpc) is 2.31. The van der Waals surface area contributed by atoms with Gasteiger partial charge in [0.2, 0.25) is 6.54 Å². The third kappa shape index (κ3) is 3.89. The average molecular weight is 255 g/mol. The van der Waals surface area contributed by atoms with Gasteiger partial charge in [0.25, 0.3) is 0 Å². The van der Waals surface area contributed by atoms with E-state index in [-0.39, 0.29) is 0 Å². The monoisotopic (exact) mass is 255 g/mol. The maximum absolute atomic E-state index is 10.4. The van der Waals surface area contributed by atoms with E-state index >= 15 is 0 Å². The first kappa shape index (κ1) is 14.2. The van der Waals surface area contributed by atoms with Gasteiger partial charge in [0.15, 0.2) is 11.5 Å². The van der Waals surface area contributed by atoms with Gasteiger partial charge in [-0.05, 0) is 31.5 Å². The number of rotatable bonds is 7. The van der Waals surface area contributed by atoms with Crippen molar-refractivity contribution >= 4 is 0 Å². The van der Waals surface area contributed by atoms with Crippen molar-refractivity contribution in [3.8, 4) is 11.5 Å². The van der Waals surface area contributed by atoms with Crippen molar-refractivity contribution in [2.45, 2.75) is 20.0 Å². The number of hydrogen-bond donors (Lipinski definition) is 1. The number of nitrogens with zero attached hydrogens (tertiary/aromatic N) is 1. The molecular weight excluding hydrogens is 238 g/mol. The number of benzene rings is 1. The van der Waals surface area contributed by atoms with Gasteiger partial charge in [-0.1, -0.05) is 6.07 Å². The smallest absolute Gasteiger partial charge is 0.233 e. The second-order valence-corrected chi connectivity index (χ2v) is 3.60. The molecule has 0 spiro atoms. The Bertz CT molecular complexity index is 407. The van der Waals surface area contributed by atoms with E-state index in [2.05, 4.69) is 0 Å². The van der Waals surface area contributed by atoms with Gasteiger partial charge >= 0.3 is 0 Å². The van der Waals surface area contributed by atoms with E-state index in [4.69, 9.17) is 9.47 Å². The van der Waals surface area contributed by atoms with Crippen LogP contribution in [0.25, 0.3) is 0 Å². The normalized spacial score (nSPS) is 11.9. The third-order valence-electron chi connectivity index (χ3n) is 2.27. The summed E-state index contributed by atoms with van der Waals surface area (Å²) in [5.41, 5.74) is 0.443. The standard InChI is InChI=1S/C12H17NO5/c1-3-17-11-6-5-9(7-12(11)18-4-2)10(14)8-13(15)16/h5-7,10,14H,3-4,8H2,1-2H3. The molecule has 0 bridgehead atoms. The Kier molecular flexibility index (Phi) is 5.38. The van der Waals surface area contributed by atoms with Crippen LogP contribution in [0, 0.1) is 10.1 Å². The summed E-state index contributed by atoms with van der Waals surface area (Å²) >= 11 is 0. The minimum absolute atomic E-state index is 0.443. The van der Waals surface area contributed by atoms with E-state index in [0.29, 0.717) is 30.3 Å². The zero-order chi connectivity index (χ0) is 13.5. The Morgan fingerprint density at radius 1 is 1.28 bits per heavy atom. The molecule has 100 valence electrons. The van der Waals surface area contributed by atoms with Crippen LogP contribution in [0.5, 0.6) is 11.5 Å². The van der Waals surface area contributed by atoms with Crippen molar-refractivity contribution in [2.75, 3.05) is 19.8 Å². The molecule has 0 aliphatic heterocycles. The van der Waals surface area contributed by atoms with Gasteiger partial charge in [0.1, 0.15) is 6.10 Å². The second-order valence-electron chi connectivity index (χ2n) is 3.60. The summed E-state index contributed by atoms with van der Waals surface area (Å²) in [6.45, 7) is 4.10. The largest absolute Gasteiger partial charge is 0.490 e. The number of ether oxygens (including phenoxy) is 2. The summed E-state index contributed by atoms with van der Waals surface area (Å²) in [6.07, 6.45) is -1.14. The molecule has 0 aliphatic rings. The molecule has 1 N–H and O–H groups in total. The molecule has 0 heterocycles. The van der Waals surface area contributed by atoms with Crippen molar-refractivity contribution in [2.24, 2.45) is 0 Å². The van der Waals surface area contributed by atoms with Crippen molar-refractivity contribution in [1.82, 2.24) is 0 Å². The molecule has 18 heavy (non-hydrogen) atoms. The van der Waals surface area contributed by atoms with Gasteiger partial charge in [-0.25, -0.2) is 0 Å². The second kappa shape index (κ2) is 6.80. The zero-order valence-electron chi connectivity index (χ0n) is 10.5. The topological polar surface area (TPSA) is 81.8 Å². The first-order chi connectivity index (χ1) is 8.58. The maximum Gasteiger partial charge on any atom is 0.233 e. The lowest BCUT2D eigenvalue weighted by Gasteiger charge is -2.13. The predicted octanol–water partition coefficient (Wildman–Crippen LogP) is 1.79. The lowest BCUT2D eigenvalue weighted by Crippen LogP contribution is -2.12. The summed E-state index contributed by atoms with van der Waals surface area (Å²) in [4.78, 5) is 9.80. The Hall–Kier alpha value is -1.82. The van der Waals surface area contributed by atoms with E-state index in [0.717, 1.165) is 0 Å². The minimum Gasteiger partial charge on any atom is -0.490 e. The number of aliphatic hydroxyl groups excluding tert-OH is 1. The van der Waals surface area contributed by atoms with Gasteiger partial charge in [-0.3, -0.25) is 10.1 Å². The molecule has 0 saturated heterocycles. The Morgan fingerprint density at radius 3 is 2.44 bits per heavy atom. The summed E-state index contributed by atoms with van der Waals surface area (Å²) in [6, 6.07) is 4.82. The molecule has 0 radical (unpaired) electrons. The number of aliphatic hydroxyl groups is 1. The predicted molar refractivity (Wildman–Crippen MR) is 65.6 cm³/mol. The lowest BCUT2D eigenvalue weighted by molar-refractivity contribution is -0.491. The summed E-state index contributed by atoms with van der Waals surface area (Å²) in [5, 5.41) is 20.0. The van der Waals surface area contributed by atoms with E-state index in [1.807, 2.05) is 13.8 Å². The van der Waals surface area contributed by atoms with Crippen LogP contribution in [0.4, 0.5) is 0 Å². The van der Waals surface area contributed by atoms with Crippen LogP contribution in [-0.4, -0.2) is 29.8 Å². The third-order valence-corrected chi connectivity index (χ3v) is 2.27. The molecule has 6 nitrogen and oxygen atoms in total. The molecule has 0 aromatic heterocycles. The van der Waals surface area contributed by atoms with Gasteiger partial charge in [-0.15, -0.1) is 0 Å². The van der Waals surface area contributed by atoms with E-state index in [1.54, 1.807) is 18.2 Å². The molecule has 1 atom stereocenters. The fraction of sp³-hybridized carbons (Fsp3) is 0.500. The van der Waals surface area contributed by atoms with Crippen LogP contribution in [0.2, 0.25) is 0 Å². The van der Waals surface area contributed by atoms with Crippen molar-refractivity contribution < 1.29 is 19.5 Å². The summed E-state index contributed by atoms with van der Waals surface area (Å²) in [7, 11) is 0. The first-order valence-electron chi connectivity index (χ1n) is 5.77. The van der Waals surface area contributed by atoms with Gasteiger partial charge < -0.3 is 14.6 Å². The van der Waals surface area contributed by atoms with Crippen molar-refractivity contribution in [3.05, 3.63) is 33.9 Å². The van der Waals surface area contributed by atoms with Crippen molar-refractivity contribution in [3.63, 3.8) is 0 Å². The molecule has 6 heteroatoms. The molecular formula is C12H17NO5. The lowest BCUT2D eigenvalue weighted by atomic mass is 10.1. The van der Waals surface area contributed by atoms with Crippen LogP contribution < -0.4 is 9.47 Å². The fourth-order valence-electron chi connectivity index (χ4n) is 1.52. The molecule has 1 aromatic rings. The van der Waals surface area contributed by atoms with Crippen LogP contribution in [0.15, 0.2) is 18.2 Å². The Morgan fingerprint density at radius 2 is 1.89 bits per heavy atom. The molecule has 0 aliphatic carbocycles.